The number of amides is 1. The summed E-state index contributed by atoms with van der Waals surface area (Å²) in [5.74, 6) is -0.312. The summed E-state index contributed by atoms with van der Waals surface area (Å²) < 4.78 is 10.1. The number of thiocarbonyl (C=S) groups is 1. The number of carbonyl (C=O) groups is 1. The average molecular weight is 333 g/mol. The van der Waals surface area contributed by atoms with Crippen LogP contribution in [0.5, 0.6) is 11.9 Å². The normalized spacial score (nSPS) is 10.0. The van der Waals surface area contributed by atoms with Gasteiger partial charge in [-0.25, -0.2) is 0 Å². The second-order valence-electron chi connectivity index (χ2n) is 4.40. The number of aromatic nitrogens is 2. The molecule has 0 aliphatic rings. The number of hydrogen-bond donors (Lipinski definition) is 3. The van der Waals surface area contributed by atoms with Crippen LogP contribution in [0.3, 0.4) is 0 Å². The lowest BCUT2D eigenvalue weighted by molar-refractivity contribution is 0.100. The number of benzene rings is 1. The average Bonchev–Trinajstić information content (AvgIpc) is 2.53. The van der Waals surface area contributed by atoms with Crippen LogP contribution in [0.4, 0.5) is 5.69 Å². The third-order valence-electron chi connectivity index (χ3n) is 2.90. The number of methoxy groups -OCH3 is 2. The van der Waals surface area contributed by atoms with Crippen LogP contribution in [-0.4, -0.2) is 35.2 Å². The molecule has 0 aliphatic carbocycles. The molecule has 0 saturated carbocycles. The van der Waals surface area contributed by atoms with Crippen molar-refractivity contribution in [1.82, 2.24) is 9.97 Å². The number of primary amides is 1. The minimum atomic E-state index is -0.599. The Hall–Kier alpha value is -2.94. The maximum absolute atomic E-state index is 11.7. The number of hydrogen-bond acceptors (Lipinski definition) is 6. The zero-order chi connectivity index (χ0) is 17.0. The van der Waals surface area contributed by atoms with Crippen molar-refractivity contribution < 1.29 is 14.3 Å². The first-order chi connectivity index (χ1) is 10.9. The summed E-state index contributed by atoms with van der Waals surface area (Å²) in [4.78, 5) is 19.9. The molecule has 0 spiro atoms. The van der Waals surface area contributed by atoms with Crippen LogP contribution in [-0.2, 0) is 0 Å². The summed E-state index contributed by atoms with van der Waals surface area (Å²) in [6.07, 6.45) is 0. The molecule has 2 aromatic rings. The highest BCUT2D eigenvalue weighted by atomic mass is 32.1. The Morgan fingerprint density at radius 2 is 1.91 bits per heavy atom. The molecule has 1 amide bonds. The van der Waals surface area contributed by atoms with E-state index in [9.17, 15) is 4.79 Å². The topological polar surface area (TPSA) is 125 Å². The molecule has 5 N–H and O–H groups in total. The Labute approximate surface area is 137 Å². The molecule has 120 valence electrons. The summed E-state index contributed by atoms with van der Waals surface area (Å²) in [6, 6.07) is 6.51. The van der Waals surface area contributed by atoms with E-state index in [1.807, 2.05) is 0 Å². The number of carbonyl (C=O) groups excluding carboxylic acids is 1. The van der Waals surface area contributed by atoms with Crippen LogP contribution in [0.25, 0.3) is 11.3 Å². The van der Waals surface area contributed by atoms with Gasteiger partial charge in [-0.15, -0.1) is 0 Å². The zero-order valence-electron chi connectivity index (χ0n) is 12.5. The van der Waals surface area contributed by atoms with Crippen LogP contribution >= 0.6 is 12.2 Å². The largest absolute Gasteiger partial charge is 0.481 e. The first-order valence-electron chi connectivity index (χ1n) is 6.42. The van der Waals surface area contributed by atoms with Gasteiger partial charge in [0.05, 0.1) is 19.9 Å². The van der Waals surface area contributed by atoms with Crippen molar-refractivity contribution in [3.63, 3.8) is 0 Å². The van der Waals surface area contributed by atoms with Crippen LogP contribution in [0.1, 0.15) is 10.4 Å². The lowest BCUT2D eigenvalue weighted by Gasteiger charge is -2.12. The molecule has 0 radical (unpaired) electrons. The predicted octanol–water partition coefficient (Wildman–Crippen LogP) is 0.915. The molecule has 0 atom stereocenters. The molecule has 1 aromatic heterocycles. The van der Waals surface area contributed by atoms with E-state index in [1.54, 1.807) is 24.3 Å². The van der Waals surface area contributed by atoms with Gasteiger partial charge in [-0.05, 0) is 30.4 Å². The second-order valence-corrected chi connectivity index (χ2v) is 4.84. The molecule has 0 bridgehead atoms. The Kier molecular flexibility index (Phi) is 4.91. The fourth-order valence-corrected chi connectivity index (χ4v) is 2.05. The van der Waals surface area contributed by atoms with E-state index in [-0.39, 0.29) is 22.6 Å². The molecule has 1 aromatic carbocycles. The van der Waals surface area contributed by atoms with E-state index >= 15 is 0 Å². The third-order valence-corrected chi connectivity index (χ3v) is 3.00. The molecule has 0 aliphatic heterocycles. The molecule has 2 rings (SSSR count). The van der Waals surface area contributed by atoms with Gasteiger partial charge in [0, 0.05) is 22.9 Å². The maximum atomic E-state index is 11.7. The molecule has 1 heterocycles. The summed E-state index contributed by atoms with van der Waals surface area (Å²) in [5, 5.41) is 2.89. The van der Waals surface area contributed by atoms with Crippen molar-refractivity contribution in [2.75, 3.05) is 19.5 Å². The minimum absolute atomic E-state index is 0.0978. The van der Waals surface area contributed by atoms with E-state index in [0.29, 0.717) is 16.9 Å². The van der Waals surface area contributed by atoms with E-state index in [2.05, 4.69) is 15.3 Å². The van der Waals surface area contributed by atoms with Gasteiger partial charge in [0.25, 0.3) is 0 Å². The molecule has 8 nitrogen and oxygen atoms in total. The predicted molar refractivity (Wildman–Crippen MR) is 89.5 cm³/mol. The number of anilines is 1. The Balaban J connectivity index is 2.63. The highest BCUT2D eigenvalue weighted by Gasteiger charge is 2.15. The van der Waals surface area contributed by atoms with E-state index in [1.165, 1.54) is 14.2 Å². The summed E-state index contributed by atoms with van der Waals surface area (Å²) in [7, 11) is 2.89. The smallest absolute Gasteiger partial charge is 0.320 e. The minimum Gasteiger partial charge on any atom is -0.481 e. The third kappa shape index (κ3) is 3.83. The lowest BCUT2D eigenvalue weighted by Crippen LogP contribution is -2.19. The van der Waals surface area contributed by atoms with Crippen molar-refractivity contribution in [3.05, 3.63) is 29.8 Å². The van der Waals surface area contributed by atoms with Gasteiger partial charge < -0.3 is 26.3 Å². The van der Waals surface area contributed by atoms with Gasteiger partial charge >= 0.3 is 6.01 Å². The van der Waals surface area contributed by atoms with Crippen molar-refractivity contribution in [1.29, 1.82) is 0 Å². The second kappa shape index (κ2) is 6.88. The van der Waals surface area contributed by atoms with Crippen molar-refractivity contribution in [3.8, 4) is 23.1 Å². The number of nitrogens with one attached hydrogen (secondary N) is 1. The Morgan fingerprint density at radius 3 is 2.48 bits per heavy atom. The molecule has 9 heteroatoms. The van der Waals surface area contributed by atoms with Gasteiger partial charge in [-0.1, -0.05) is 0 Å². The molecule has 0 saturated heterocycles. The van der Waals surface area contributed by atoms with Gasteiger partial charge in [0.15, 0.2) is 5.11 Å². The fraction of sp³-hybridized carbons (Fsp3) is 0.143. The van der Waals surface area contributed by atoms with Gasteiger partial charge in [0.2, 0.25) is 11.8 Å². The number of ether oxygens (including phenoxy) is 2. The Morgan fingerprint density at radius 1 is 1.17 bits per heavy atom. The summed E-state index contributed by atoms with van der Waals surface area (Å²) in [5.41, 5.74) is 12.6. The number of nitrogens with two attached hydrogens (primary N) is 2. The molecule has 0 unspecified atom stereocenters. The number of nitrogens with zero attached hydrogens (tertiary/aromatic N) is 2. The standard InChI is InChI=1S/C14H15N5O3S/c1-21-11-6-10(18-14(19-11)22-2)9-5-7(17-13(16)23)3-4-8(9)12(15)20/h3-6H,1-2H3,(H2,15,20)(H3,16,17,23). The number of rotatable bonds is 5. The summed E-state index contributed by atoms with van der Waals surface area (Å²) in [6.45, 7) is 0. The SMILES string of the molecule is COc1cc(-c2cc(NC(N)=S)ccc2C(N)=O)nc(OC)n1. The first kappa shape index (κ1) is 16.4. The lowest BCUT2D eigenvalue weighted by atomic mass is 10.0. The monoisotopic (exact) mass is 333 g/mol. The quantitative estimate of drug-likeness (QED) is 0.690. The van der Waals surface area contributed by atoms with Crippen molar-refractivity contribution in [2.24, 2.45) is 11.5 Å². The van der Waals surface area contributed by atoms with Crippen LogP contribution in [0.2, 0.25) is 0 Å². The first-order valence-corrected chi connectivity index (χ1v) is 6.83. The van der Waals surface area contributed by atoms with Crippen molar-refractivity contribution in [2.45, 2.75) is 0 Å². The van der Waals surface area contributed by atoms with Crippen LogP contribution in [0.15, 0.2) is 24.3 Å². The van der Waals surface area contributed by atoms with Crippen LogP contribution in [0, 0.1) is 0 Å². The fourth-order valence-electron chi connectivity index (χ4n) is 1.93. The van der Waals surface area contributed by atoms with E-state index < -0.39 is 5.91 Å². The molecule has 0 fully saturated rings. The van der Waals surface area contributed by atoms with Crippen LogP contribution < -0.4 is 26.3 Å². The van der Waals surface area contributed by atoms with Gasteiger partial charge in [-0.2, -0.15) is 9.97 Å². The molecular weight excluding hydrogens is 318 g/mol. The summed E-state index contributed by atoms with van der Waals surface area (Å²) >= 11 is 4.81. The van der Waals surface area contributed by atoms with Gasteiger partial charge in [0.1, 0.15) is 0 Å². The maximum Gasteiger partial charge on any atom is 0.320 e. The highest BCUT2D eigenvalue weighted by molar-refractivity contribution is 7.80. The van der Waals surface area contributed by atoms with Crippen molar-refractivity contribution >= 4 is 28.9 Å². The highest BCUT2D eigenvalue weighted by Crippen LogP contribution is 2.29. The van der Waals surface area contributed by atoms with E-state index in [0.717, 1.165) is 0 Å². The Bertz CT molecular complexity index is 744. The molecule has 23 heavy (non-hydrogen) atoms. The van der Waals surface area contributed by atoms with Gasteiger partial charge in [-0.3, -0.25) is 4.79 Å². The zero-order valence-corrected chi connectivity index (χ0v) is 13.3. The van der Waals surface area contributed by atoms with E-state index in [4.69, 9.17) is 33.2 Å². The molecular formula is C14H15N5O3S.